The molecule has 0 aromatic rings. The Bertz CT molecular complexity index is 402. The number of carboxylic acid groups (broad SMARTS) is 2. The molecule has 0 bridgehead atoms. The van der Waals surface area contributed by atoms with Crippen LogP contribution in [0.15, 0.2) is 0 Å². The molecule has 2 N–H and O–H groups in total. The predicted octanol–water partition coefficient (Wildman–Crippen LogP) is -8.98. The summed E-state index contributed by atoms with van der Waals surface area (Å²) in [6, 6.07) is 0. The summed E-state index contributed by atoms with van der Waals surface area (Å²) in [4.78, 5) is 18.2. The zero-order valence-electron chi connectivity index (χ0n) is 8.79. The van der Waals surface area contributed by atoms with E-state index in [1.165, 1.54) is 0 Å². The van der Waals surface area contributed by atoms with Gasteiger partial charge in [0.2, 0.25) is 20.8 Å². The number of aliphatic carboxylic acids is 2. The Morgan fingerprint density at radius 2 is 0.944 bits per heavy atom. The molecule has 0 radical (unpaired) electrons. The molecular formula is C2H2Na2O12S2. The van der Waals surface area contributed by atoms with E-state index in [1.54, 1.807) is 0 Å². The zero-order valence-corrected chi connectivity index (χ0v) is 14.4. The van der Waals surface area contributed by atoms with Crippen molar-refractivity contribution in [2.24, 2.45) is 0 Å². The van der Waals surface area contributed by atoms with E-state index < -0.39 is 32.7 Å². The topological polar surface area (TPSA) is 207 Å². The Balaban J connectivity index is -0.000000108. The average Bonchev–Trinajstić information content (AvgIpc) is 1.99. The van der Waals surface area contributed by atoms with Crippen molar-refractivity contribution < 1.29 is 114 Å². The molecule has 0 aliphatic rings. The maximum absolute atomic E-state index is 9.37. The van der Waals surface area contributed by atoms with Crippen LogP contribution in [0.5, 0.6) is 0 Å². The minimum absolute atomic E-state index is 0. The summed E-state index contributed by atoms with van der Waals surface area (Å²) < 4.78 is 61.5. The van der Waals surface area contributed by atoms with Gasteiger partial charge in [-0.3, -0.25) is 0 Å². The molecule has 0 atom stereocenters. The Hall–Kier alpha value is 0.680. The van der Waals surface area contributed by atoms with E-state index in [0.29, 0.717) is 0 Å². The van der Waals surface area contributed by atoms with Crippen LogP contribution < -0.4 is 59.1 Å². The molecule has 16 heteroatoms. The van der Waals surface area contributed by atoms with E-state index in [-0.39, 0.29) is 59.1 Å². The van der Waals surface area contributed by atoms with Gasteiger partial charge < -0.3 is 19.3 Å². The number of hydrogen-bond donors (Lipinski definition) is 2. The van der Waals surface area contributed by atoms with Crippen LogP contribution in [0.1, 0.15) is 0 Å². The van der Waals surface area contributed by atoms with Crippen molar-refractivity contribution >= 4 is 32.7 Å². The molecule has 18 heavy (non-hydrogen) atoms. The molecule has 0 aliphatic carbocycles. The molecule has 0 fully saturated rings. The van der Waals surface area contributed by atoms with E-state index in [4.69, 9.17) is 19.8 Å². The van der Waals surface area contributed by atoms with E-state index in [0.717, 1.165) is 0 Å². The predicted molar refractivity (Wildman–Crippen MR) is 36.8 cm³/mol. The van der Waals surface area contributed by atoms with Gasteiger partial charge in [0, 0.05) is 0 Å². The summed E-state index contributed by atoms with van der Waals surface area (Å²) >= 11 is 0. The van der Waals surface area contributed by atoms with Crippen LogP contribution >= 0.6 is 0 Å². The third-order valence-corrected chi connectivity index (χ3v) is 0.933. The SMILES string of the molecule is O=C(O)C(=O)O.O=S(=O)([O-])OOS(=O)(=O)[O-].[Na+].[Na+]. The minimum atomic E-state index is -5.31. The van der Waals surface area contributed by atoms with Gasteiger partial charge in [-0.05, 0) is 0 Å². The second-order valence-corrected chi connectivity index (χ2v) is 3.47. The van der Waals surface area contributed by atoms with Crippen molar-refractivity contribution in [1.82, 2.24) is 0 Å². The summed E-state index contributed by atoms with van der Waals surface area (Å²) in [5, 5.41) is 14.8. The average molecular weight is 328 g/mol. The van der Waals surface area contributed by atoms with Crippen molar-refractivity contribution in [3.63, 3.8) is 0 Å². The molecule has 0 aromatic carbocycles. The van der Waals surface area contributed by atoms with E-state index in [2.05, 4.69) is 8.67 Å². The van der Waals surface area contributed by atoms with Crippen LogP contribution in [0.4, 0.5) is 0 Å². The van der Waals surface area contributed by atoms with Crippen molar-refractivity contribution in [3.05, 3.63) is 0 Å². The fraction of sp³-hybridized carbons (Fsp3) is 0. The molecule has 0 heterocycles. The normalized spacial score (nSPS) is 9.89. The number of hydrogen-bond acceptors (Lipinski definition) is 10. The van der Waals surface area contributed by atoms with E-state index in [9.17, 15) is 25.9 Å². The van der Waals surface area contributed by atoms with Gasteiger partial charge in [-0.15, -0.1) is 8.67 Å². The summed E-state index contributed by atoms with van der Waals surface area (Å²) in [5.41, 5.74) is 0. The summed E-state index contributed by atoms with van der Waals surface area (Å²) in [6.45, 7) is 0. The third kappa shape index (κ3) is 30.1. The zero-order chi connectivity index (χ0) is 13.6. The van der Waals surface area contributed by atoms with Crippen LogP contribution in [-0.4, -0.2) is 48.1 Å². The van der Waals surface area contributed by atoms with Crippen molar-refractivity contribution in [2.75, 3.05) is 0 Å². The second-order valence-electron chi connectivity index (χ2n) is 1.56. The Kier molecular flexibility index (Phi) is 17.3. The first kappa shape index (κ1) is 27.1. The van der Waals surface area contributed by atoms with Gasteiger partial charge in [0.15, 0.2) is 0 Å². The molecule has 0 amide bonds. The van der Waals surface area contributed by atoms with Crippen LogP contribution in [0.25, 0.3) is 0 Å². The maximum atomic E-state index is 9.37. The van der Waals surface area contributed by atoms with Gasteiger partial charge in [-0.2, -0.15) is 0 Å². The van der Waals surface area contributed by atoms with Gasteiger partial charge in [0.1, 0.15) is 0 Å². The maximum Gasteiger partial charge on any atom is 1.00 e. The largest absolute Gasteiger partial charge is 1.00 e. The molecule has 0 saturated carbocycles. The summed E-state index contributed by atoms with van der Waals surface area (Å²) in [5.74, 6) is -3.65. The molecule has 12 nitrogen and oxygen atoms in total. The standard InChI is InChI=1S/C2H2O4.2Na.H2O8S2/c3-1(4)2(5)6;;;1-9(2,3)7-8-10(4,5)6/h(H,3,4)(H,5,6);;;(H,1,2,3)(H,4,5,6)/q;2*+1;/p-2. The second kappa shape index (κ2) is 11.5. The van der Waals surface area contributed by atoms with Crippen molar-refractivity contribution in [2.45, 2.75) is 0 Å². The summed E-state index contributed by atoms with van der Waals surface area (Å²) in [7, 11) is -10.6. The van der Waals surface area contributed by atoms with Gasteiger partial charge in [-0.1, -0.05) is 0 Å². The Morgan fingerprint density at radius 3 is 1.00 bits per heavy atom. The summed E-state index contributed by atoms with van der Waals surface area (Å²) in [6.07, 6.45) is 0. The van der Waals surface area contributed by atoms with Crippen molar-refractivity contribution in [1.29, 1.82) is 0 Å². The molecule has 0 unspecified atom stereocenters. The quantitative estimate of drug-likeness (QED) is 0.124. The van der Waals surface area contributed by atoms with Gasteiger partial charge >= 0.3 is 71.1 Å². The monoisotopic (exact) mass is 328 g/mol. The molecule has 0 aliphatic heterocycles. The Morgan fingerprint density at radius 1 is 0.778 bits per heavy atom. The van der Waals surface area contributed by atoms with Crippen LogP contribution in [0.2, 0.25) is 0 Å². The Labute approximate surface area is 145 Å². The fourth-order valence-corrected chi connectivity index (χ4v) is 0.612. The molecule has 0 spiro atoms. The van der Waals surface area contributed by atoms with Gasteiger partial charge in [0.25, 0.3) is 0 Å². The molecule has 0 saturated heterocycles. The first-order valence-corrected chi connectivity index (χ1v) is 5.27. The molecular weight excluding hydrogens is 326 g/mol. The fourth-order valence-electron chi connectivity index (χ4n) is 0.0680. The molecule has 96 valence electrons. The minimum Gasteiger partial charge on any atom is -0.724 e. The van der Waals surface area contributed by atoms with Gasteiger partial charge in [0.05, 0.1) is 0 Å². The first-order chi connectivity index (χ1) is 6.85. The van der Waals surface area contributed by atoms with E-state index in [1.807, 2.05) is 0 Å². The number of rotatable bonds is 3. The van der Waals surface area contributed by atoms with Crippen LogP contribution in [0.3, 0.4) is 0 Å². The molecule has 0 rings (SSSR count). The van der Waals surface area contributed by atoms with Crippen LogP contribution in [0, 0.1) is 0 Å². The van der Waals surface area contributed by atoms with E-state index >= 15 is 0 Å². The first-order valence-electron chi connectivity index (χ1n) is 2.61. The number of carbonyl (C=O) groups is 2. The van der Waals surface area contributed by atoms with Gasteiger partial charge in [-0.25, -0.2) is 26.4 Å². The van der Waals surface area contributed by atoms with Crippen LogP contribution in [-0.2, 0) is 39.1 Å². The third-order valence-electron chi connectivity index (χ3n) is 0.377. The van der Waals surface area contributed by atoms with Crippen molar-refractivity contribution in [3.8, 4) is 0 Å². The molecule has 0 aromatic heterocycles. The smallest absolute Gasteiger partial charge is 0.724 e. The number of carboxylic acids is 2.